The first-order chi connectivity index (χ1) is 8.83. The van der Waals surface area contributed by atoms with Crippen LogP contribution in [0.1, 0.15) is 29.9 Å². The Hall–Kier alpha value is -1.01. The van der Waals surface area contributed by atoms with Gasteiger partial charge in [-0.3, -0.25) is 4.90 Å². The molecule has 0 aliphatic heterocycles. The fraction of sp³-hybridized carbons (Fsp3) is 0.692. The van der Waals surface area contributed by atoms with Gasteiger partial charge in [-0.1, -0.05) is 0 Å². The van der Waals surface area contributed by atoms with Gasteiger partial charge in [0.2, 0.25) is 0 Å². The minimum Gasteiger partial charge on any atom is -0.465 e. The van der Waals surface area contributed by atoms with E-state index in [2.05, 4.69) is 5.32 Å². The van der Waals surface area contributed by atoms with Crippen LogP contribution in [-0.2, 0) is 13.1 Å². The second kappa shape index (κ2) is 5.54. The van der Waals surface area contributed by atoms with Crippen molar-refractivity contribution in [2.45, 2.75) is 45.1 Å². The van der Waals surface area contributed by atoms with E-state index in [0.717, 1.165) is 17.9 Å². The maximum atomic E-state index is 12.2. The Balaban J connectivity index is 1.87. The molecule has 0 atom stereocenters. The van der Waals surface area contributed by atoms with E-state index in [-0.39, 0.29) is 6.54 Å². The Morgan fingerprint density at radius 2 is 2.11 bits per heavy atom. The SMILES string of the molecule is Cc1oc(CN(C)CC(F)(F)F)cc1CNC1CC1. The lowest BCUT2D eigenvalue weighted by molar-refractivity contribution is -0.144. The molecule has 1 N–H and O–H groups in total. The van der Waals surface area contributed by atoms with Crippen molar-refractivity contribution in [3.63, 3.8) is 0 Å². The maximum absolute atomic E-state index is 12.2. The summed E-state index contributed by atoms with van der Waals surface area (Å²) < 4.78 is 42.2. The molecule has 1 aliphatic rings. The lowest BCUT2D eigenvalue weighted by Crippen LogP contribution is -2.30. The highest BCUT2D eigenvalue weighted by Gasteiger charge is 2.29. The average Bonchev–Trinajstić information content (AvgIpc) is 2.99. The Morgan fingerprint density at radius 3 is 2.68 bits per heavy atom. The summed E-state index contributed by atoms with van der Waals surface area (Å²) in [5.41, 5.74) is 1.03. The number of furan rings is 1. The molecule has 1 aromatic rings. The van der Waals surface area contributed by atoms with Crippen LogP contribution < -0.4 is 5.32 Å². The van der Waals surface area contributed by atoms with Crippen LogP contribution in [0.4, 0.5) is 13.2 Å². The zero-order valence-corrected chi connectivity index (χ0v) is 11.2. The van der Waals surface area contributed by atoms with Crippen molar-refractivity contribution < 1.29 is 17.6 Å². The van der Waals surface area contributed by atoms with Gasteiger partial charge in [-0.15, -0.1) is 0 Å². The molecule has 0 aromatic carbocycles. The van der Waals surface area contributed by atoms with Crippen LogP contribution in [0.2, 0.25) is 0 Å². The fourth-order valence-electron chi connectivity index (χ4n) is 2.01. The van der Waals surface area contributed by atoms with E-state index < -0.39 is 12.7 Å². The summed E-state index contributed by atoms with van der Waals surface area (Å²) >= 11 is 0. The molecule has 2 rings (SSSR count). The maximum Gasteiger partial charge on any atom is 0.401 e. The van der Waals surface area contributed by atoms with Crippen molar-refractivity contribution in [1.82, 2.24) is 10.2 Å². The highest BCUT2D eigenvalue weighted by atomic mass is 19.4. The van der Waals surface area contributed by atoms with E-state index in [1.807, 2.05) is 13.0 Å². The van der Waals surface area contributed by atoms with Crippen molar-refractivity contribution in [2.75, 3.05) is 13.6 Å². The Morgan fingerprint density at radius 1 is 1.42 bits per heavy atom. The molecule has 6 heteroatoms. The standard InChI is InChI=1S/C13H19F3N2O/c1-9-10(6-17-11-3-4-11)5-12(19-9)7-18(2)8-13(14,15)16/h5,11,17H,3-4,6-8H2,1-2H3. The Bertz CT molecular complexity index is 424. The number of hydrogen-bond donors (Lipinski definition) is 1. The summed E-state index contributed by atoms with van der Waals surface area (Å²) in [4.78, 5) is 1.20. The van der Waals surface area contributed by atoms with E-state index in [9.17, 15) is 13.2 Å². The summed E-state index contributed by atoms with van der Waals surface area (Å²) in [5, 5.41) is 3.36. The molecule has 1 saturated carbocycles. The van der Waals surface area contributed by atoms with Gasteiger partial charge >= 0.3 is 6.18 Å². The van der Waals surface area contributed by atoms with E-state index in [1.165, 1.54) is 24.8 Å². The monoisotopic (exact) mass is 276 g/mol. The lowest BCUT2D eigenvalue weighted by atomic mass is 10.2. The van der Waals surface area contributed by atoms with E-state index in [0.29, 0.717) is 11.8 Å². The molecule has 0 bridgehead atoms. The Labute approximate surface area is 110 Å². The minimum absolute atomic E-state index is 0.170. The van der Waals surface area contributed by atoms with Crippen molar-refractivity contribution >= 4 is 0 Å². The number of halogens is 3. The molecule has 19 heavy (non-hydrogen) atoms. The lowest BCUT2D eigenvalue weighted by Gasteiger charge is -2.16. The number of nitrogens with zero attached hydrogens (tertiary/aromatic N) is 1. The number of rotatable bonds is 6. The normalized spacial score (nSPS) is 16.3. The molecule has 0 saturated heterocycles. The van der Waals surface area contributed by atoms with Crippen molar-refractivity contribution in [2.24, 2.45) is 0 Å². The van der Waals surface area contributed by atoms with Gasteiger partial charge in [-0.2, -0.15) is 13.2 Å². The minimum atomic E-state index is -4.17. The van der Waals surface area contributed by atoms with Gasteiger partial charge in [0.25, 0.3) is 0 Å². The van der Waals surface area contributed by atoms with E-state index in [1.54, 1.807) is 0 Å². The average molecular weight is 276 g/mol. The highest BCUT2D eigenvalue weighted by molar-refractivity contribution is 5.21. The molecular weight excluding hydrogens is 257 g/mol. The van der Waals surface area contributed by atoms with Gasteiger partial charge in [0.15, 0.2) is 0 Å². The van der Waals surface area contributed by atoms with Gasteiger partial charge in [0.05, 0.1) is 13.1 Å². The highest BCUT2D eigenvalue weighted by Crippen LogP contribution is 2.22. The van der Waals surface area contributed by atoms with Crippen molar-refractivity contribution in [3.8, 4) is 0 Å². The van der Waals surface area contributed by atoms with Crippen LogP contribution in [0, 0.1) is 6.92 Å². The number of alkyl halides is 3. The first-order valence-electron chi connectivity index (χ1n) is 6.40. The van der Waals surface area contributed by atoms with Crippen LogP contribution in [0.5, 0.6) is 0 Å². The summed E-state index contributed by atoms with van der Waals surface area (Å²) in [6, 6.07) is 2.45. The van der Waals surface area contributed by atoms with Crippen LogP contribution in [0.15, 0.2) is 10.5 Å². The number of aryl methyl sites for hydroxylation is 1. The molecule has 1 fully saturated rings. The largest absolute Gasteiger partial charge is 0.465 e. The van der Waals surface area contributed by atoms with Crippen LogP contribution >= 0.6 is 0 Å². The summed E-state index contributed by atoms with van der Waals surface area (Å²) in [7, 11) is 1.44. The second-order valence-electron chi connectivity index (χ2n) is 5.24. The molecule has 0 unspecified atom stereocenters. The van der Waals surface area contributed by atoms with Gasteiger partial charge < -0.3 is 9.73 Å². The van der Waals surface area contributed by atoms with Gasteiger partial charge in [0.1, 0.15) is 11.5 Å². The third-order valence-corrected chi connectivity index (χ3v) is 3.11. The van der Waals surface area contributed by atoms with Crippen LogP contribution in [0.3, 0.4) is 0 Å². The molecule has 0 radical (unpaired) electrons. The summed E-state index contributed by atoms with van der Waals surface area (Å²) in [6.07, 6.45) is -1.76. The molecule has 0 spiro atoms. The number of nitrogens with one attached hydrogen (secondary N) is 1. The smallest absolute Gasteiger partial charge is 0.401 e. The molecular formula is C13H19F3N2O. The zero-order chi connectivity index (χ0) is 14.0. The molecule has 3 nitrogen and oxygen atoms in total. The van der Waals surface area contributed by atoms with Gasteiger partial charge in [0, 0.05) is 18.2 Å². The predicted octanol–water partition coefficient (Wildman–Crippen LogP) is 2.83. The van der Waals surface area contributed by atoms with E-state index in [4.69, 9.17) is 4.42 Å². The quantitative estimate of drug-likeness (QED) is 0.866. The molecule has 0 amide bonds. The number of hydrogen-bond acceptors (Lipinski definition) is 3. The summed E-state index contributed by atoms with van der Waals surface area (Å²) in [6.45, 7) is 1.81. The van der Waals surface area contributed by atoms with Crippen LogP contribution in [0.25, 0.3) is 0 Å². The first-order valence-corrected chi connectivity index (χ1v) is 6.40. The Kier molecular flexibility index (Phi) is 4.20. The molecule has 1 aromatic heterocycles. The third-order valence-electron chi connectivity index (χ3n) is 3.11. The van der Waals surface area contributed by atoms with Crippen molar-refractivity contribution in [3.05, 3.63) is 23.2 Å². The summed E-state index contributed by atoms with van der Waals surface area (Å²) in [5.74, 6) is 1.36. The van der Waals surface area contributed by atoms with Crippen LogP contribution in [-0.4, -0.2) is 30.7 Å². The predicted molar refractivity (Wildman–Crippen MR) is 65.7 cm³/mol. The van der Waals surface area contributed by atoms with Gasteiger partial charge in [-0.25, -0.2) is 0 Å². The molecule has 108 valence electrons. The molecule has 1 heterocycles. The second-order valence-corrected chi connectivity index (χ2v) is 5.24. The topological polar surface area (TPSA) is 28.4 Å². The first kappa shape index (κ1) is 14.4. The van der Waals surface area contributed by atoms with E-state index >= 15 is 0 Å². The van der Waals surface area contributed by atoms with Crippen molar-refractivity contribution in [1.29, 1.82) is 0 Å². The molecule has 1 aliphatic carbocycles. The fourth-order valence-corrected chi connectivity index (χ4v) is 2.01. The third kappa shape index (κ3) is 4.87. The van der Waals surface area contributed by atoms with Gasteiger partial charge in [-0.05, 0) is 32.9 Å². The zero-order valence-electron chi connectivity index (χ0n) is 11.2.